The van der Waals surface area contributed by atoms with Gasteiger partial charge in [-0.1, -0.05) is 6.07 Å². The summed E-state index contributed by atoms with van der Waals surface area (Å²) < 4.78 is 1.81. The first kappa shape index (κ1) is 11.9. The second-order valence-electron chi connectivity index (χ2n) is 4.56. The minimum Gasteiger partial charge on any atom is -0.396 e. The average molecular weight is 270 g/mol. The summed E-state index contributed by atoms with van der Waals surface area (Å²) in [5, 5.41) is 7.31. The summed E-state index contributed by atoms with van der Waals surface area (Å²) in [7, 11) is 0. The summed E-state index contributed by atoms with van der Waals surface area (Å²) >= 11 is 1.54. The highest BCUT2D eigenvalue weighted by Gasteiger charge is 2.12. The van der Waals surface area contributed by atoms with Crippen molar-refractivity contribution in [2.24, 2.45) is 0 Å². The van der Waals surface area contributed by atoms with Crippen LogP contribution >= 0.6 is 11.3 Å². The Morgan fingerprint density at radius 3 is 2.53 bits per heavy atom. The van der Waals surface area contributed by atoms with Crippen molar-refractivity contribution < 1.29 is 0 Å². The zero-order chi connectivity index (χ0) is 13.4. The number of anilines is 1. The summed E-state index contributed by atoms with van der Waals surface area (Å²) in [5.41, 5.74) is 10.9. The van der Waals surface area contributed by atoms with E-state index in [4.69, 9.17) is 5.73 Å². The first-order chi connectivity index (χ1) is 9.13. The molecule has 2 N–H and O–H groups in total. The number of hydrogen-bond donors (Lipinski definition) is 1. The third-order valence-electron chi connectivity index (χ3n) is 2.85. The standard InChI is InChI=1S/C14H14N4S/c1-9-5-10(2)7-11(6-9)18-8-12(15)13(17-18)14-16-3-4-19-14/h3-8H,15H2,1-2H3. The molecule has 0 fully saturated rings. The van der Waals surface area contributed by atoms with Gasteiger partial charge in [0.25, 0.3) is 0 Å². The second-order valence-corrected chi connectivity index (χ2v) is 5.46. The van der Waals surface area contributed by atoms with Crippen molar-refractivity contribution in [3.63, 3.8) is 0 Å². The normalized spacial score (nSPS) is 10.8. The molecular formula is C14H14N4S. The Bertz CT molecular complexity index is 693. The van der Waals surface area contributed by atoms with Crippen molar-refractivity contribution in [3.8, 4) is 16.4 Å². The molecule has 0 saturated carbocycles. The predicted molar refractivity (Wildman–Crippen MR) is 78.6 cm³/mol. The molecule has 0 saturated heterocycles. The number of nitrogens with two attached hydrogens (primary N) is 1. The number of aryl methyl sites for hydroxylation is 2. The fourth-order valence-corrected chi connectivity index (χ4v) is 2.75. The highest BCUT2D eigenvalue weighted by molar-refractivity contribution is 7.13. The van der Waals surface area contributed by atoms with Gasteiger partial charge < -0.3 is 5.73 Å². The lowest BCUT2D eigenvalue weighted by molar-refractivity contribution is 0.881. The van der Waals surface area contributed by atoms with Crippen LogP contribution in [0.4, 0.5) is 5.69 Å². The summed E-state index contributed by atoms with van der Waals surface area (Å²) in [6.45, 7) is 4.15. The van der Waals surface area contributed by atoms with E-state index in [0.29, 0.717) is 5.69 Å². The zero-order valence-corrected chi connectivity index (χ0v) is 11.6. The van der Waals surface area contributed by atoms with Crippen molar-refractivity contribution in [2.75, 3.05) is 5.73 Å². The summed E-state index contributed by atoms with van der Waals surface area (Å²) in [5.74, 6) is 0. The molecule has 3 rings (SSSR count). The van der Waals surface area contributed by atoms with Crippen molar-refractivity contribution in [2.45, 2.75) is 13.8 Å². The molecule has 0 atom stereocenters. The van der Waals surface area contributed by atoms with Crippen LogP contribution in [0.3, 0.4) is 0 Å². The van der Waals surface area contributed by atoms with Crippen LogP contribution in [-0.4, -0.2) is 14.8 Å². The smallest absolute Gasteiger partial charge is 0.145 e. The lowest BCUT2D eigenvalue weighted by Gasteiger charge is -2.04. The van der Waals surface area contributed by atoms with E-state index >= 15 is 0 Å². The molecule has 96 valence electrons. The molecule has 19 heavy (non-hydrogen) atoms. The van der Waals surface area contributed by atoms with Crippen LogP contribution in [0.15, 0.2) is 36.0 Å². The van der Waals surface area contributed by atoms with E-state index in [1.165, 1.54) is 22.5 Å². The van der Waals surface area contributed by atoms with Crippen molar-refractivity contribution >= 4 is 17.0 Å². The largest absolute Gasteiger partial charge is 0.396 e. The highest BCUT2D eigenvalue weighted by atomic mass is 32.1. The maximum Gasteiger partial charge on any atom is 0.145 e. The lowest BCUT2D eigenvalue weighted by Crippen LogP contribution is -1.96. The predicted octanol–water partition coefficient (Wildman–Crippen LogP) is 3.19. The van der Waals surface area contributed by atoms with Gasteiger partial charge in [-0.3, -0.25) is 0 Å². The topological polar surface area (TPSA) is 56.7 Å². The van der Waals surface area contributed by atoms with Gasteiger partial charge in [-0.15, -0.1) is 11.3 Å². The number of nitrogen functional groups attached to an aromatic ring is 1. The van der Waals surface area contributed by atoms with Crippen LogP contribution in [0.1, 0.15) is 11.1 Å². The van der Waals surface area contributed by atoms with Gasteiger partial charge in [-0.05, 0) is 37.1 Å². The zero-order valence-electron chi connectivity index (χ0n) is 10.8. The van der Waals surface area contributed by atoms with Gasteiger partial charge in [0.1, 0.15) is 10.7 Å². The third-order valence-corrected chi connectivity index (χ3v) is 3.63. The quantitative estimate of drug-likeness (QED) is 0.778. The van der Waals surface area contributed by atoms with E-state index in [2.05, 4.69) is 42.1 Å². The van der Waals surface area contributed by atoms with Crippen LogP contribution in [-0.2, 0) is 0 Å². The van der Waals surface area contributed by atoms with E-state index in [1.54, 1.807) is 6.20 Å². The van der Waals surface area contributed by atoms with E-state index in [1.807, 2.05) is 16.3 Å². The Morgan fingerprint density at radius 1 is 1.16 bits per heavy atom. The summed E-state index contributed by atoms with van der Waals surface area (Å²) in [4.78, 5) is 4.25. The number of hydrogen-bond acceptors (Lipinski definition) is 4. The molecular weight excluding hydrogens is 256 g/mol. The number of aromatic nitrogens is 3. The first-order valence-electron chi connectivity index (χ1n) is 5.97. The van der Waals surface area contributed by atoms with Crippen molar-refractivity contribution in [3.05, 3.63) is 47.1 Å². The minimum absolute atomic E-state index is 0.647. The molecule has 0 aliphatic heterocycles. The number of benzene rings is 1. The molecule has 0 spiro atoms. The van der Waals surface area contributed by atoms with Gasteiger partial charge in [0.05, 0.1) is 17.6 Å². The SMILES string of the molecule is Cc1cc(C)cc(-n2cc(N)c(-c3nccs3)n2)c1. The molecule has 5 heteroatoms. The van der Waals surface area contributed by atoms with E-state index in [9.17, 15) is 0 Å². The van der Waals surface area contributed by atoms with Crippen molar-refractivity contribution in [1.29, 1.82) is 0 Å². The van der Waals surface area contributed by atoms with Crippen molar-refractivity contribution in [1.82, 2.24) is 14.8 Å². The van der Waals surface area contributed by atoms with E-state index < -0.39 is 0 Å². The molecule has 0 aliphatic rings. The molecule has 0 bridgehead atoms. The number of thiazole rings is 1. The second kappa shape index (κ2) is 4.51. The van der Waals surface area contributed by atoms with Crippen LogP contribution in [0, 0.1) is 13.8 Å². The van der Waals surface area contributed by atoms with Gasteiger partial charge in [-0.2, -0.15) is 5.10 Å². The van der Waals surface area contributed by atoms with Gasteiger partial charge in [-0.25, -0.2) is 9.67 Å². The number of rotatable bonds is 2. The minimum atomic E-state index is 0.647. The molecule has 3 aromatic rings. The molecule has 1 aromatic carbocycles. The maximum atomic E-state index is 6.03. The molecule has 0 aliphatic carbocycles. The van der Waals surface area contributed by atoms with Crippen LogP contribution in [0.5, 0.6) is 0 Å². The molecule has 4 nitrogen and oxygen atoms in total. The van der Waals surface area contributed by atoms with Crippen LogP contribution < -0.4 is 5.73 Å². The molecule has 2 heterocycles. The Morgan fingerprint density at radius 2 is 1.89 bits per heavy atom. The maximum absolute atomic E-state index is 6.03. The van der Waals surface area contributed by atoms with Crippen LogP contribution in [0.2, 0.25) is 0 Å². The molecule has 0 amide bonds. The first-order valence-corrected chi connectivity index (χ1v) is 6.85. The Balaban J connectivity index is 2.09. The van der Waals surface area contributed by atoms with Gasteiger partial charge in [0, 0.05) is 11.6 Å². The van der Waals surface area contributed by atoms with Gasteiger partial charge >= 0.3 is 0 Å². The monoisotopic (exact) mass is 270 g/mol. The molecule has 2 aromatic heterocycles. The number of nitrogens with zero attached hydrogens (tertiary/aromatic N) is 3. The Kier molecular flexibility index (Phi) is 2.83. The average Bonchev–Trinajstić information content (AvgIpc) is 2.96. The third kappa shape index (κ3) is 2.24. The highest BCUT2D eigenvalue weighted by Crippen LogP contribution is 2.27. The van der Waals surface area contributed by atoms with Crippen LogP contribution in [0.25, 0.3) is 16.4 Å². The summed E-state index contributed by atoms with van der Waals surface area (Å²) in [6, 6.07) is 6.31. The Hall–Kier alpha value is -2.14. The van der Waals surface area contributed by atoms with Gasteiger partial charge in [0.15, 0.2) is 0 Å². The molecule has 0 radical (unpaired) electrons. The van der Waals surface area contributed by atoms with E-state index in [-0.39, 0.29) is 0 Å². The molecule has 0 unspecified atom stereocenters. The Labute approximate surface area is 115 Å². The van der Waals surface area contributed by atoms with E-state index in [0.717, 1.165) is 16.4 Å². The summed E-state index contributed by atoms with van der Waals surface area (Å²) in [6.07, 6.45) is 3.60. The fourth-order valence-electron chi connectivity index (χ4n) is 2.11. The fraction of sp³-hybridized carbons (Fsp3) is 0.143. The lowest BCUT2D eigenvalue weighted by atomic mass is 10.1. The van der Waals surface area contributed by atoms with Gasteiger partial charge in [0.2, 0.25) is 0 Å².